The van der Waals surface area contributed by atoms with Gasteiger partial charge in [0.2, 0.25) is 10.0 Å². The van der Waals surface area contributed by atoms with Crippen LogP contribution in [0.2, 0.25) is 5.02 Å². The molecule has 0 radical (unpaired) electrons. The first-order valence-corrected chi connectivity index (χ1v) is 8.84. The molecule has 8 heteroatoms. The molecule has 0 spiro atoms. The van der Waals surface area contributed by atoms with Gasteiger partial charge < -0.3 is 5.32 Å². The lowest BCUT2D eigenvalue weighted by Crippen LogP contribution is -2.16. The molecule has 0 amide bonds. The number of nitrogens with one attached hydrogen (secondary N) is 2. The molecule has 22 heavy (non-hydrogen) atoms. The molecule has 0 saturated heterocycles. The van der Waals surface area contributed by atoms with E-state index in [4.69, 9.17) is 11.6 Å². The van der Waals surface area contributed by atoms with Crippen molar-refractivity contribution >= 4 is 33.3 Å². The monoisotopic (exact) mass is 340 g/mol. The average molecular weight is 341 g/mol. The minimum absolute atomic E-state index is 0.00564. The Labute approximate surface area is 135 Å². The van der Waals surface area contributed by atoms with Crippen LogP contribution in [0.25, 0.3) is 0 Å². The third-order valence-corrected chi connectivity index (χ3v) is 4.43. The third kappa shape index (κ3) is 5.16. The predicted molar refractivity (Wildman–Crippen MR) is 88.8 cm³/mol. The van der Waals surface area contributed by atoms with E-state index in [-0.39, 0.29) is 11.6 Å². The summed E-state index contributed by atoms with van der Waals surface area (Å²) >= 11 is 5.92. The number of anilines is 2. The topological polar surface area (TPSA) is 84.0 Å². The van der Waals surface area contributed by atoms with Gasteiger partial charge in [-0.3, -0.25) is 4.72 Å². The van der Waals surface area contributed by atoms with Crippen LogP contribution < -0.4 is 10.0 Å². The summed E-state index contributed by atoms with van der Waals surface area (Å²) in [5, 5.41) is 11.6. The Balaban J connectivity index is 1.86. The summed E-state index contributed by atoms with van der Waals surface area (Å²) in [7, 11) is -3.33. The van der Waals surface area contributed by atoms with Crippen molar-refractivity contribution in [1.82, 2.24) is 10.2 Å². The van der Waals surface area contributed by atoms with Crippen LogP contribution in [-0.2, 0) is 16.4 Å². The highest BCUT2D eigenvalue weighted by molar-refractivity contribution is 7.92. The van der Waals surface area contributed by atoms with E-state index in [0.29, 0.717) is 17.4 Å². The average Bonchev–Trinajstić information content (AvgIpc) is 2.49. The van der Waals surface area contributed by atoms with Gasteiger partial charge in [-0.2, -0.15) is 0 Å². The second kappa shape index (κ2) is 7.42. The summed E-state index contributed by atoms with van der Waals surface area (Å²) in [6.45, 7) is 2.23. The number of hydrogen-bond acceptors (Lipinski definition) is 5. The van der Waals surface area contributed by atoms with Gasteiger partial charge in [0.1, 0.15) is 5.82 Å². The fourth-order valence-electron chi connectivity index (χ4n) is 1.74. The number of sulfonamides is 1. The normalized spacial score (nSPS) is 11.2. The standard InChI is InChI=1S/C14H17ClN4O2S/c1-2-22(20,21)19-14-7-6-13(17-18-14)16-9-8-11-4-3-5-12(15)10-11/h3-7,10H,2,8-9H2,1H3,(H,16,17)(H,18,19). The van der Waals surface area contributed by atoms with Gasteiger partial charge in [-0.05, 0) is 43.2 Å². The van der Waals surface area contributed by atoms with E-state index >= 15 is 0 Å². The largest absolute Gasteiger partial charge is 0.368 e. The van der Waals surface area contributed by atoms with E-state index in [1.807, 2.05) is 24.3 Å². The van der Waals surface area contributed by atoms with E-state index in [2.05, 4.69) is 20.2 Å². The van der Waals surface area contributed by atoms with Crippen LogP contribution in [0.5, 0.6) is 0 Å². The third-order valence-electron chi connectivity index (χ3n) is 2.91. The molecule has 0 aliphatic carbocycles. The maximum absolute atomic E-state index is 11.4. The van der Waals surface area contributed by atoms with Gasteiger partial charge in [0.05, 0.1) is 5.75 Å². The van der Waals surface area contributed by atoms with E-state index in [0.717, 1.165) is 12.0 Å². The Morgan fingerprint density at radius 2 is 1.86 bits per heavy atom. The highest BCUT2D eigenvalue weighted by atomic mass is 35.5. The Morgan fingerprint density at radius 3 is 2.50 bits per heavy atom. The summed E-state index contributed by atoms with van der Waals surface area (Å²) in [6, 6.07) is 10.9. The van der Waals surface area contributed by atoms with Crippen molar-refractivity contribution < 1.29 is 8.42 Å². The van der Waals surface area contributed by atoms with Crippen molar-refractivity contribution in [1.29, 1.82) is 0 Å². The van der Waals surface area contributed by atoms with Gasteiger partial charge >= 0.3 is 0 Å². The molecule has 2 N–H and O–H groups in total. The summed E-state index contributed by atoms with van der Waals surface area (Å²) in [5.41, 5.74) is 1.13. The van der Waals surface area contributed by atoms with Gasteiger partial charge in [-0.1, -0.05) is 23.7 Å². The molecule has 2 aromatic rings. The molecule has 0 bridgehead atoms. The van der Waals surface area contributed by atoms with Crippen LogP contribution in [0.4, 0.5) is 11.6 Å². The molecular weight excluding hydrogens is 324 g/mol. The fourth-order valence-corrected chi connectivity index (χ4v) is 2.52. The Morgan fingerprint density at radius 1 is 1.14 bits per heavy atom. The van der Waals surface area contributed by atoms with Crippen molar-refractivity contribution in [3.05, 3.63) is 47.0 Å². The van der Waals surface area contributed by atoms with E-state index < -0.39 is 10.0 Å². The van der Waals surface area contributed by atoms with Crippen molar-refractivity contribution in [3.8, 4) is 0 Å². The summed E-state index contributed by atoms with van der Waals surface area (Å²) < 4.78 is 25.1. The van der Waals surface area contributed by atoms with Crippen LogP contribution in [0.1, 0.15) is 12.5 Å². The molecule has 0 aliphatic heterocycles. The highest BCUT2D eigenvalue weighted by Gasteiger charge is 2.07. The molecule has 118 valence electrons. The fraction of sp³-hybridized carbons (Fsp3) is 0.286. The number of benzene rings is 1. The predicted octanol–water partition coefficient (Wildman–Crippen LogP) is 2.55. The lowest BCUT2D eigenvalue weighted by Gasteiger charge is -2.07. The van der Waals surface area contributed by atoms with E-state index in [1.165, 1.54) is 0 Å². The second-order valence-electron chi connectivity index (χ2n) is 4.62. The Hall–Kier alpha value is -1.86. The van der Waals surface area contributed by atoms with Crippen molar-refractivity contribution in [3.63, 3.8) is 0 Å². The highest BCUT2D eigenvalue weighted by Crippen LogP contribution is 2.12. The summed E-state index contributed by atoms with van der Waals surface area (Å²) in [4.78, 5) is 0. The minimum Gasteiger partial charge on any atom is -0.368 e. The Kier molecular flexibility index (Phi) is 5.57. The summed E-state index contributed by atoms with van der Waals surface area (Å²) in [5.74, 6) is 0.789. The maximum Gasteiger partial charge on any atom is 0.233 e. The van der Waals surface area contributed by atoms with Gasteiger partial charge in [-0.15, -0.1) is 10.2 Å². The lowest BCUT2D eigenvalue weighted by atomic mass is 10.1. The zero-order valence-corrected chi connectivity index (χ0v) is 13.7. The molecular formula is C14H17ClN4O2S. The number of nitrogens with zero attached hydrogens (tertiary/aromatic N) is 2. The van der Waals surface area contributed by atoms with Crippen LogP contribution in [0.15, 0.2) is 36.4 Å². The molecule has 0 saturated carbocycles. The van der Waals surface area contributed by atoms with E-state index in [9.17, 15) is 8.42 Å². The quantitative estimate of drug-likeness (QED) is 0.809. The molecule has 0 unspecified atom stereocenters. The molecule has 0 fully saturated rings. The van der Waals surface area contributed by atoms with Gasteiger partial charge in [0, 0.05) is 11.6 Å². The zero-order chi connectivity index (χ0) is 16.0. The molecule has 2 rings (SSSR count). The lowest BCUT2D eigenvalue weighted by molar-refractivity contribution is 0.602. The van der Waals surface area contributed by atoms with Gasteiger partial charge in [0.25, 0.3) is 0 Å². The van der Waals surface area contributed by atoms with Crippen LogP contribution in [0.3, 0.4) is 0 Å². The van der Waals surface area contributed by atoms with Crippen LogP contribution >= 0.6 is 11.6 Å². The molecule has 0 atom stereocenters. The molecule has 6 nitrogen and oxygen atoms in total. The second-order valence-corrected chi connectivity index (χ2v) is 7.06. The first kappa shape index (κ1) is 16.5. The number of hydrogen-bond donors (Lipinski definition) is 2. The maximum atomic E-state index is 11.4. The van der Waals surface area contributed by atoms with Crippen molar-refractivity contribution in [2.45, 2.75) is 13.3 Å². The first-order chi connectivity index (χ1) is 10.5. The number of halogens is 1. The SMILES string of the molecule is CCS(=O)(=O)Nc1ccc(NCCc2cccc(Cl)c2)nn1. The zero-order valence-electron chi connectivity index (χ0n) is 12.1. The van der Waals surface area contributed by atoms with Crippen molar-refractivity contribution in [2.24, 2.45) is 0 Å². The molecule has 1 aromatic carbocycles. The van der Waals surface area contributed by atoms with Crippen LogP contribution in [0, 0.1) is 0 Å². The Bertz CT molecular complexity index is 720. The molecule has 1 aromatic heterocycles. The van der Waals surface area contributed by atoms with Gasteiger partial charge in [-0.25, -0.2) is 8.42 Å². The smallest absolute Gasteiger partial charge is 0.233 e. The van der Waals surface area contributed by atoms with Crippen LogP contribution in [-0.4, -0.2) is 30.9 Å². The molecule has 1 heterocycles. The minimum atomic E-state index is -3.33. The van der Waals surface area contributed by atoms with Crippen molar-refractivity contribution in [2.75, 3.05) is 22.3 Å². The van der Waals surface area contributed by atoms with Gasteiger partial charge in [0.15, 0.2) is 5.82 Å². The van der Waals surface area contributed by atoms with E-state index in [1.54, 1.807) is 19.1 Å². The number of rotatable bonds is 7. The summed E-state index contributed by atoms with van der Waals surface area (Å²) in [6.07, 6.45) is 0.798. The number of aromatic nitrogens is 2. The first-order valence-electron chi connectivity index (χ1n) is 6.81. The molecule has 0 aliphatic rings.